The molecule has 3 heteroatoms. The Morgan fingerprint density at radius 2 is 2.40 bits per heavy atom. The van der Waals surface area contributed by atoms with Crippen molar-refractivity contribution in [3.8, 4) is 5.75 Å². The predicted molar refractivity (Wildman–Crippen MR) is 58.3 cm³/mol. The first kappa shape index (κ1) is 10.0. The number of nitrogens with one attached hydrogen (secondary N) is 1. The van der Waals surface area contributed by atoms with Gasteiger partial charge < -0.3 is 10.1 Å². The lowest BCUT2D eigenvalue weighted by atomic mass is 10.1. The third-order valence-electron chi connectivity index (χ3n) is 2.49. The van der Waals surface area contributed by atoms with Gasteiger partial charge in [-0.1, -0.05) is 19.1 Å². The van der Waals surface area contributed by atoms with Crippen molar-refractivity contribution in [2.45, 2.75) is 19.8 Å². The fourth-order valence-corrected chi connectivity index (χ4v) is 1.73. The molecule has 0 radical (unpaired) electrons. The standard InChI is InChI=1S/C12H15NO2/c1-2-7-13-12(14)10-5-3-4-9-6-8-15-11(9)10/h3-5H,2,6-8H2,1H3,(H,13,14). The van der Waals surface area contributed by atoms with Crippen LogP contribution in [0.3, 0.4) is 0 Å². The van der Waals surface area contributed by atoms with Gasteiger partial charge in [0.15, 0.2) is 0 Å². The molecule has 3 nitrogen and oxygen atoms in total. The molecule has 80 valence electrons. The van der Waals surface area contributed by atoms with E-state index in [0.717, 1.165) is 24.2 Å². The van der Waals surface area contributed by atoms with Crippen molar-refractivity contribution in [3.63, 3.8) is 0 Å². The molecule has 1 heterocycles. The van der Waals surface area contributed by atoms with Crippen LogP contribution < -0.4 is 10.1 Å². The monoisotopic (exact) mass is 205 g/mol. The molecule has 15 heavy (non-hydrogen) atoms. The van der Waals surface area contributed by atoms with E-state index in [2.05, 4.69) is 5.32 Å². The minimum absolute atomic E-state index is 0.0319. The summed E-state index contributed by atoms with van der Waals surface area (Å²) in [4.78, 5) is 11.8. The third-order valence-corrected chi connectivity index (χ3v) is 2.49. The predicted octanol–water partition coefficient (Wildman–Crippen LogP) is 1.76. The van der Waals surface area contributed by atoms with Gasteiger partial charge in [0.2, 0.25) is 0 Å². The van der Waals surface area contributed by atoms with Crippen molar-refractivity contribution in [2.75, 3.05) is 13.2 Å². The molecule has 1 amide bonds. The van der Waals surface area contributed by atoms with E-state index in [-0.39, 0.29) is 5.91 Å². The maximum Gasteiger partial charge on any atom is 0.255 e. The fraction of sp³-hybridized carbons (Fsp3) is 0.417. The summed E-state index contributed by atoms with van der Waals surface area (Å²) in [6.45, 7) is 3.43. The zero-order valence-corrected chi connectivity index (χ0v) is 8.88. The van der Waals surface area contributed by atoms with E-state index in [9.17, 15) is 4.79 Å². The summed E-state index contributed by atoms with van der Waals surface area (Å²) in [6, 6.07) is 5.74. The molecule has 1 N–H and O–H groups in total. The van der Waals surface area contributed by atoms with Crippen LogP contribution in [0.4, 0.5) is 0 Å². The Morgan fingerprint density at radius 3 is 3.20 bits per heavy atom. The molecule has 0 bridgehead atoms. The number of fused-ring (bicyclic) bond motifs is 1. The van der Waals surface area contributed by atoms with Crippen LogP contribution >= 0.6 is 0 Å². The Hall–Kier alpha value is -1.51. The largest absolute Gasteiger partial charge is 0.492 e. The molecule has 0 saturated carbocycles. The van der Waals surface area contributed by atoms with Crippen LogP contribution in [0.1, 0.15) is 29.3 Å². The first-order valence-electron chi connectivity index (χ1n) is 5.36. The first-order valence-corrected chi connectivity index (χ1v) is 5.36. The van der Waals surface area contributed by atoms with Crippen molar-refractivity contribution in [1.82, 2.24) is 5.32 Å². The molecule has 1 aromatic rings. The summed E-state index contributed by atoms with van der Waals surface area (Å²) in [5.41, 5.74) is 1.80. The van der Waals surface area contributed by atoms with Crippen LogP contribution in [0.25, 0.3) is 0 Å². The zero-order chi connectivity index (χ0) is 10.7. The molecule has 2 rings (SSSR count). The zero-order valence-electron chi connectivity index (χ0n) is 8.88. The SMILES string of the molecule is CCCNC(=O)c1cccc2c1OCC2. The smallest absolute Gasteiger partial charge is 0.255 e. The third kappa shape index (κ3) is 1.96. The summed E-state index contributed by atoms with van der Waals surface area (Å²) in [5, 5.41) is 2.86. The molecular weight excluding hydrogens is 190 g/mol. The molecule has 0 unspecified atom stereocenters. The highest BCUT2D eigenvalue weighted by atomic mass is 16.5. The van der Waals surface area contributed by atoms with Crippen molar-refractivity contribution >= 4 is 5.91 Å². The van der Waals surface area contributed by atoms with Gasteiger partial charge in [0, 0.05) is 13.0 Å². The highest BCUT2D eigenvalue weighted by Gasteiger charge is 2.19. The van der Waals surface area contributed by atoms with E-state index in [1.807, 2.05) is 25.1 Å². The lowest BCUT2D eigenvalue weighted by molar-refractivity contribution is 0.0950. The Morgan fingerprint density at radius 1 is 1.53 bits per heavy atom. The van der Waals surface area contributed by atoms with Crippen LogP contribution in [0, 0.1) is 0 Å². The van der Waals surface area contributed by atoms with Crippen LogP contribution in [-0.2, 0) is 6.42 Å². The van der Waals surface area contributed by atoms with Gasteiger partial charge in [-0.05, 0) is 18.1 Å². The van der Waals surface area contributed by atoms with Crippen molar-refractivity contribution in [1.29, 1.82) is 0 Å². The minimum Gasteiger partial charge on any atom is -0.492 e. The molecule has 0 fully saturated rings. The lowest BCUT2D eigenvalue weighted by Gasteiger charge is -2.07. The summed E-state index contributed by atoms with van der Waals surface area (Å²) < 4.78 is 5.47. The Kier molecular flexibility index (Phi) is 2.90. The fourth-order valence-electron chi connectivity index (χ4n) is 1.73. The van der Waals surface area contributed by atoms with Crippen LogP contribution in [-0.4, -0.2) is 19.1 Å². The van der Waals surface area contributed by atoms with Gasteiger partial charge in [-0.15, -0.1) is 0 Å². The van der Waals surface area contributed by atoms with Gasteiger partial charge in [0.05, 0.1) is 12.2 Å². The van der Waals surface area contributed by atoms with Gasteiger partial charge >= 0.3 is 0 Å². The normalized spacial score (nSPS) is 13.1. The second-order valence-corrected chi connectivity index (χ2v) is 3.65. The average Bonchev–Trinajstić information content (AvgIpc) is 2.73. The number of hydrogen-bond acceptors (Lipinski definition) is 2. The summed E-state index contributed by atoms with van der Waals surface area (Å²) in [5.74, 6) is 0.738. The molecule has 0 saturated heterocycles. The number of carbonyl (C=O) groups is 1. The number of hydrogen-bond donors (Lipinski definition) is 1. The van der Waals surface area contributed by atoms with Crippen molar-refractivity contribution < 1.29 is 9.53 Å². The Labute approximate surface area is 89.4 Å². The molecule has 0 spiro atoms. The van der Waals surface area contributed by atoms with Gasteiger partial charge in [-0.3, -0.25) is 4.79 Å². The Bertz CT molecular complexity index is 374. The molecular formula is C12H15NO2. The topological polar surface area (TPSA) is 38.3 Å². The van der Waals surface area contributed by atoms with Gasteiger partial charge in [-0.2, -0.15) is 0 Å². The highest BCUT2D eigenvalue weighted by molar-refractivity contribution is 5.97. The van der Waals surface area contributed by atoms with Gasteiger partial charge in [0.1, 0.15) is 5.75 Å². The highest BCUT2D eigenvalue weighted by Crippen LogP contribution is 2.29. The quantitative estimate of drug-likeness (QED) is 0.816. The number of ether oxygens (including phenoxy) is 1. The van der Waals surface area contributed by atoms with E-state index in [1.54, 1.807) is 0 Å². The van der Waals surface area contributed by atoms with E-state index in [1.165, 1.54) is 0 Å². The summed E-state index contributed by atoms with van der Waals surface area (Å²) >= 11 is 0. The van der Waals surface area contributed by atoms with E-state index in [0.29, 0.717) is 18.7 Å². The number of amides is 1. The molecule has 1 aliphatic heterocycles. The average molecular weight is 205 g/mol. The number of benzene rings is 1. The van der Waals surface area contributed by atoms with Crippen LogP contribution in [0.2, 0.25) is 0 Å². The number of para-hydroxylation sites is 1. The Balaban J connectivity index is 2.21. The van der Waals surface area contributed by atoms with E-state index < -0.39 is 0 Å². The van der Waals surface area contributed by atoms with Gasteiger partial charge in [-0.25, -0.2) is 0 Å². The molecule has 0 atom stereocenters. The van der Waals surface area contributed by atoms with E-state index >= 15 is 0 Å². The summed E-state index contributed by atoms with van der Waals surface area (Å²) in [6.07, 6.45) is 1.85. The molecule has 1 aliphatic rings. The lowest BCUT2D eigenvalue weighted by Crippen LogP contribution is -2.24. The second kappa shape index (κ2) is 4.34. The summed E-state index contributed by atoms with van der Waals surface area (Å²) in [7, 11) is 0. The number of carbonyl (C=O) groups excluding carboxylic acids is 1. The maximum absolute atomic E-state index is 11.8. The molecule has 1 aromatic carbocycles. The molecule has 0 aliphatic carbocycles. The molecule has 0 aromatic heterocycles. The second-order valence-electron chi connectivity index (χ2n) is 3.65. The van der Waals surface area contributed by atoms with Crippen LogP contribution in [0.15, 0.2) is 18.2 Å². The minimum atomic E-state index is -0.0319. The number of rotatable bonds is 3. The van der Waals surface area contributed by atoms with Crippen molar-refractivity contribution in [2.24, 2.45) is 0 Å². The van der Waals surface area contributed by atoms with E-state index in [4.69, 9.17) is 4.74 Å². The first-order chi connectivity index (χ1) is 7.33. The van der Waals surface area contributed by atoms with Gasteiger partial charge in [0.25, 0.3) is 5.91 Å². The van der Waals surface area contributed by atoms with Crippen LogP contribution in [0.5, 0.6) is 5.75 Å². The maximum atomic E-state index is 11.8. The van der Waals surface area contributed by atoms with Crippen molar-refractivity contribution in [3.05, 3.63) is 29.3 Å².